The molecule has 0 radical (unpaired) electrons. The second kappa shape index (κ2) is 4.97. The molecular formula is C23H26. The van der Waals surface area contributed by atoms with E-state index in [9.17, 15) is 0 Å². The van der Waals surface area contributed by atoms with Crippen molar-refractivity contribution in [1.82, 2.24) is 0 Å². The van der Waals surface area contributed by atoms with Gasteiger partial charge in [0.2, 0.25) is 0 Å². The van der Waals surface area contributed by atoms with E-state index in [4.69, 9.17) is 0 Å². The fourth-order valence-corrected chi connectivity index (χ4v) is 5.76. The molecule has 118 valence electrons. The molecule has 2 bridgehead atoms. The summed E-state index contributed by atoms with van der Waals surface area (Å²) in [5.41, 5.74) is 5.43. The minimum absolute atomic E-state index is 0.597. The standard InChI is InChI=1S/C23H26/c1-2-4-17-5-3-6-19-12-18-9-10-23(15-20(18)13-22(17)19)14-16-7-8-21(23)11-16/h3,5-8,12-13,16,21H,2,4,9-11,14-15H2,1H3. The van der Waals surface area contributed by atoms with Crippen LogP contribution in [0.4, 0.5) is 0 Å². The second-order valence-corrected chi connectivity index (χ2v) is 8.24. The van der Waals surface area contributed by atoms with Crippen molar-refractivity contribution in [3.63, 3.8) is 0 Å². The fourth-order valence-electron chi connectivity index (χ4n) is 5.76. The van der Waals surface area contributed by atoms with E-state index < -0.39 is 0 Å². The summed E-state index contributed by atoms with van der Waals surface area (Å²) < 4.78 is 0. The van der Waals surface area contributed by atoms with Crippen molar-refractivity contribution in [1.29, 1.82) is 0 Å². The number of allylic oxidation sites excluding steroid dienone is 2. The Morgan fingerprint density at radius 1 is 1.13 bits per heavy atom. The van der Waals surface area contributed by atoms with Crippen molar-refractivity contribution < 1.29 is 0 Å². The highest BCUT2D eigenvalue weighted by Crippen LogP contribution is 2.57. The average molecular weight is 302 g/mol. The maximum absolute atomic E-state index is 2.56. The van der Waals surface area contributed by atoms with Crippen LogP contribution in [0.15, 0.2) is 42.5 Å². The minimum Gasteiger partial charge on any atom is -0.0851 e. The molecule has 0 aromatic heterocycles. The van der Waals surface area contributed by atoms with Gasteiger partial charge in [0, 0.05) is 0 Å². The van der Waals surface area contributed by atoms with Crippen molar-refractivity contribution in [2.75, 3.05) is 0 Å². The Hall–Kier alpha value is -1.56. The Balaban J connectivity index is 1.59. The average Bonchev–Trinajstić information content (AvgIpc) is 3.15. The third-order valence-electron chi connectivity index (χ3n) is 6.87. The first-order valence-electron chi connectivity index (χ1n) is 9.49. The van der Waals surface area contributed by atoms with Gasteiger partial charge in [0.15, 0.2) is 0 Å². The Morgan fingerprint density at radius 3 is 2.87 bits per heavy atom. The smallest absolute Gasteiger partial charge is 0.0149 e. The lowest BCUT2D eigenvalue weighted by atomic mass is 9.64. The molecule has 2 aromatic carbocycles. The van der Waals surface area contributed by atoms with Crippen molar-refractivity contribution in [3.05, 3.63) is 59.2 Å². The van der Waals surface area contributed by atoms with Crippen LogP contribution in [0, 0.1) is 17.3 Å². The first-order chi connectivity index (χ1) is 11.3. The Morgan fingerprint density at radius 2 is 2.09 bits per heavy atom. The number of aryl methyl sites for hydroxylation is 2. The number of benzene rings is 2. The van der Waals surface area contributed by atoms with Crippen LogP contribution in [0.25, 0.3) is 10.8 Å². The Kier molecular flexibility index (Phi) is 2.99. The van der Waals surface area contributed by atoms with E-state index in [0.29, 0.717) is 5.41 Å². The Labute approximate surface area is 139 Å². The quantitative estimate of drug-likeness (QED) is 0.609. The van der Waals surface area contributed by atoms with Crippen LogP contribution in [0.5, 0.6) is 0 Å². The van der Waals surface area contributed by atoms with Gasteiger partial charge in [-0.1, -0.05) is 55.8 Å². The highest BCUT2D eigenvalue weighted by Gasteiger charge is 2.49. The van der Waals surface area contributed by atoms with Crippen molar-refractivity contribution in [3.8, 4) is 0 Å². The van der Waals surface area contributed by atoms with Gasteiger partial charge in [0.25, 0.3) is 0 Å². The number of hydrogen-bond acceptors (Lipinski definition) is 0. The molecule has 1 saturated carbocycles. The van der Waals surface area contributed by atoms with E-state index in [0.717, 1.165) is 11.8 Å². The van der Waals surface area contributed by atoms with E-state index in [1.807, 2.05) is 0 Å². The molecule has 3 aliphatic carbocycles. The highest BCUT2D eigenvalue weighted by atomic mass is 14.5. The summed E-state index contributed by atoms with van der Waals surface area (Å²) in [6, 6.07) is 11.9. The van der Waals surface area contributed by atoms with E-state index in [1.54, 1.807) is 16.7 Å². The zero-order valence-corrected chi connectivity index (χ0v) is 14.1. The predicted molar refractivity (Wildman–Crippen MR) is 97.8 cm³/mol. The van der Waals surface area contributed by atoms with E-state index >= 15 is 0 Å². The summed E-state index contributed by atoms with van der Waals surface area (Å²) in [6.07, 6.45) is 14.4. The summed E-state index contributed by atoms with van der Waals surface area (Å²) >= 11 is 0. The van der Waals surface area contributed by atoms with Crippen LogP contribution in [0.2, 0.25) is 0 Å². The van der Waals surface area contributed by atoms with E-state index in [-0.39, 0.29) is 0 Å². The lowest BCUT2D eigenvalue weighted by molar-refractivity contribution is 0.195. The molecule has 3 atom stereocenters. The Bertz CT molecular complexity index is 797. The van der Waals surface area contributed by atoms with Crippen LogP contribution < -0.4 is 0 Å². The van der Waals surface area contributed by atoms with Gasteiger partial charge in [-0.15, -0.1) is 0 Å². The van der Waals surface area contributed by atoms with Gasteiger partial charge in [0.05, 0.1) is 0 Å². The molecule has 0 amide bonds. The molecular weight excluding hydrogens is 276 g/mol. The topological polar surface area (TPSA) is 0 Å². The molecule has 23 heavy (non-hydrogen) atoms. The van der Waals surface area contributed by atoms with Crippen LogP contribution in [0.3, 0.4) is 0 Å². The largest absolute Gasteiger partial charge is 0.0851 e. The van der Waals surface area contributed by atoms with Gasteiger partial charge in [-0.05, 0) is 83.2 Å². The van der Waals surface area contributed by atoms with Crippen LogP contribution >= 0.6 is 0 Å². The lowest BCUT2D eigenvalue weighted by Crippen LogP contribution is -2.32. The summed E-state index contributed by atoms with van der Waals surface area (Å²) in [5.74, 6) is 1.75. The number of fused-ring (bicyclic) bond motifs is 5. The predicted octanol–water partition coefficient (Wildman–Crippen LogP) is 5.86. The van der Waals surface area contributed by atoms with Crippen molar-refractivity contribution in [2.45, 2.75) is 51.9 Å². The molecule has 0 saturated heterocycles. The third-order valence-corrected chi connectivity index (χ3v) is 6.87. The van der Waals surface area contributed by atoms with Crippen LogP contribution in [0.1, 0.15) is 49.3 Å². The SMILES string of the molecule is CCCc1cccc2cc3c(cc12)CC1(CC3)CC2C=CC1C2. The monoisotopic (exact) mass is 302 g/mol. The van der Waals surface area contributed by atoms with Crippen LogP contribution in [-0.4, -0.2) is 0 Å². The van der Waals surface area contributed by atoms with Crippen molar-refractivity contribution >= 4 is 10.8 Å². The van der Waals surface area contributed by atoms with Crippen LogP contribution in [-0.2, 0) is 19.3 Å². The first kappa shape index (κ1) is 13.8. The maximum atomic E-state index is 2.56. The number of hydrogen-bond donors (Lipinski definition) is 0. The zero-order valence-electron chi connectivity index (χ0n) is 14.1. The molecule has 0 N–H and O–H groups in total. The normalized spacial score (nSPS) is 31.2. The summed E-state index contributed by atoms with van der Waals surface area (Å²) in [6.45, 7) is 2.29. The first-order valence-corrected chi connectivity index (χ1v) is 9.49. The van der Waals surface area contributed by atoms with Gasteiger partial charge in [-0.25, -0.2) is 0 Å². The van der Waals surface area contributed by atoms with Gasteiger partial charge in [0.1, 0.15) is 0 Å². The molecule has 1 spiro atoms. The molecule has 5 rings (SSSR count). The molecule has 1 fully saturated rings. The second-order valence-electron chi connectivity index (χ2n) is 8.24. The summed E-state index contributed by atoms with van der Waals surface area (Å²) in [4.78, 5) is 0. The minimum atomic E-state index is 0.597. The zero-order chi connectivity index (χ0) is 15.4. The summed E-state index contributed by atoms with van der Waals surface area (Å²) in [5, 5.41) is 2.97. The fraction of sp³-hybridized carbons (Fsp3) is 0.478. The molecule has 2 aromatic rings. The van der Waals surface area contributed by atoms with Gasteiger partial charge in [-0.2, -0.15) is 0 Å². The molecule has 3 aliphatic rings. The van der Waals surface area contributed by atoms with Gasteiger partial charge >= 0.3 is 0 Å². The number of rotatable bonds is 2. The molecule has 0 aliphatic heterocycles. The van der Waals surface area contributed by atoms with Crippen molar-refractivity contribution in [2.24, 2.45) is 17.3 Å². The molecule has 0 heteroatoms. The molecule has 0 nitrogen and oxygen atoms in total. The lowest BCUT2D eigenvalue weighted by Gasteiger charge is -2.40. The van der Waals surface area contributed by atoms with E-state index in [1.165, 1.54) is 55.7 Å². The highest BCUT2D eigenvalue weighted by molar-refractivity contribution is 5.87. The summed E-state index contributed by atoms with van der Waals surface area (Å²) in [7, 11) is 0. The van der Waals surface area contributed by atoms with Gasteiger partial charge in [-0.3, -0.25) is 0 Å². The molecule has 3 unspecified atom stereocenters. The maximum Gasteiger partial charge on any atom is -0.0149 e. The third kappa shape index (κ3) is 2.04. The van der Waals surface area contributed by atoms with Gasteiger partial charge < -0.3 is 0 Å². The van der Waals surface area contributed by atoms with E-state index in [2.05, 4.69) is 49.4 Å². The molecule has 0 heterocycles.